The molecule has 0 saturated heterocycles. The Balaban J connectivity index is 1.77. The monoisotopic (exact) mass is 450 g/mol. The third-order valence-electron chi connectivity index (χ3n) is 4.96. The molecule has 0 saturated carbocycles. The summed E-state index contributed by atoms with van der Waals surface area (Å²) in [5.41, 5.74) is 3.28. The second kappa shape index (κ2) is 7.90. The van der Waals surface area contributed by atoms with Gasteiger partial charge in [-0.1, -0.05) is 64.1 Å². The number of hydrogen-bond donors (Lipinski definition) is 1. The van der Waals surface area contributed by atoms with Crippen LogP contribution in [0.2, 0.25) is 0 Å². The summed E-state index contributed by atoms with van der Waals surface area (Å²) in [6, 6.07) is 26.9. The van der Waals surface area contributed by atoms with Gasteiger partial charge in [0.25, 0.3) is 0 Å². The van der Waals surface area contributed by atoms with Crippen molar-refractivity contribution in [2.24, 2.45) is 0 Å². The van der Waals surface area contributed by atoms with Crippen LogP contribution in [-0.2, 0) is 6.42 Å². The zero-order chi connectivity index (χ0) is 19.6. The van der Waals surface area contributed by atoms with Crippen LogP contribution in [0.4, 0.5) is 5.69 Å². The lowest BCUT2D eigenvalue weighted by molar-refractivity contribution is 0.414. The van der Waals surface area contributed by atoms with Crippen LogP contribution in [0.25, 0.3) is 0 Å². The van der Waals surface area contributed by atoms with Gasteiger partial charge >= 0.3 is 0 Å². The highest BCUT2D eigenvalue weighted by Gasteiger charge is 2.45. The Morgan fingerprint density at radius 2 is 1.79 bits per heavy atom. The lowest BCUT2D eigenvalue weighted by Crippen LogP contribution is -2.41. The number of fused-ring (bicyclic) bond motifs is 1. The Bertz CT molecular complexity index is 1010. The largest absolute Gasteiger partial charge is 0.497 e. The van der Waals surface area contributed by atoms with Crippen molar-refractivity contribution in [2.75, 3.05) is 12.4 Å². The van der Waals surface area contributed by atoms with Crippen molar-refractivity contribution < 1.29 is 4.74 Å². The first kappa shape index (κ1) is 18.9. The van der Waals surface area contributed by atoms with Crippen molar-refractivity contribution in [3.8, 4) is 11.8 Å². The fourth-order valence-corrected chi connectivity index (χ4v) is 5.16. The molecule has 2 atom stereocenters. The second-order valence-corrected chi connectivity index (χ2v) is 9.04. The lowest BCUT2D eigenvalue weighted by atomic mass is 9.87. The van der Waals surface area contributed by atoms with Crippen molar-refractivity contribution in [1.82, 2.24) is 0 Å². The molecule has 1 N–H and O–H groups in total. The zero-order valence-electron chi connectivity index (χ0n) is 15.4. The highest BCUT2D eigenvalue weighted by Crippen LogP contribution is 2.52. The van der Waals surface area contributed by atoms with Crippen LogP contribution >= 0.6 is 27.7 Å². The molecule has 0 aromatic heterocycles. The molecule has 2 unspecified atom stereocenters. The van der Waals surface area contributed by atoms with Crippen LogP contribution in [-0.4, -0.2) is 11.9 Å². The summed E-state index contributed by atoms with van der Waals surface area (Å²) < 4.78 is 5.63. The van der Waals surface area contributed by atoms with E-state index in [1.54, 1.807) is 18.9 Å². The summed E-state index contributed by atoms with van der Waals surface area (Å²) in [5.74, 6) is 0.819. The minimum Gasteiger partial charge on any atom is -0.497 e. The summed E-state index contributed by atoms with van der Waals surface area (Å²) >= 11 is 5.16. The maximum absolute atomic E-state index is 10.4. The van der Waals surface area contributed by atoms with Gasteiger partial charge in [0.05, 0.1) is 19.2 Å². The number of rotatable bonds is 4. The summed E-state index contributed by atoms with van der Waals surface area (Å²) in [6.07, 6.45) is 0.625. The Morgan fingerprint density at radius 3 is 2.46 bits per heavy atom. The van der Waals surface area contributed by atoms with E-state index < -0.39 is 4.75 Å². The van der Waals surface area contributed by atoms with Gasteiger partial charge in [0.15, 0.2) is 0 Å². The van der Waals surface area contributed by atoms with Crippen molar-refractivity contribution in [1.29, 1.82) is 5.26 Å². The minimum atomic E-state index is -0.670. The molecule has 140 valence electrons. The molecule has 0 amide bonds. The molecule has 1 heterocycles. The van der Waals surface area contributed by atoms with Gasteiger partial charge in [0.2, 0.25) is 0 Å². The highest BCUT2D eigenvalue weighted by molar-refractivity contribution is 9.10. The number of nitrogens with one attached hydrogen (secondary N) is 1. The molecule has 0 aliphatic carbocycles. The normalized spacial score (nSPS) is 20.5. The summed E-state index contributed by atoms with van der Waals surface area (Å²) in [5, 5.41) is 14.0. The molecule has 1 aliphatic rings. The number of ether oxygens (including phenoxy) is 1. The molecule has 0 spiro atoms. The molecule has 4 rings (SSSR count). The van der Waals surface area contributed by atoms with Crippen molar-refractivity contribution in [3.05, 3.63) is 88.4 Å². The number of benzene rings is 3. The molecule has 3 aromatic rings. The predicted molar refractivity (Wildman–Crippen MR) is 118 cm³/mol. The van der Waals surface area contributed by atoms with E-state index >= 15 is 0 Å². The van der Waals surface area contributed by atoms with E-state index in [9.17, 15) is 5.26 Å². The van der Waals surface area contributed by atoms with Gasteiger partial charge in [0.1, 0.15) is 10.5 Å². The van der Waals surface area contributed by atoms with Gasteiger partial charge in [-0.15, -0.1) is 0 Å². The van der Waals surface area contributed by atoms with Gasteiger partial charge in [-0.05, 0) is 47.5 Å². The lowest BCUT2D eigenvalue weighted by Gasteiger charge is -2.40. The Hall–Kier alpha value is -2.42. The number of thioether (sulfide) groups is 1. The average molecular weight is 451 g/mol. The second-order valence-electron chi connectivity index (χ2n) is 6.75. The Morgan fingerprint density at radius 1 is 1.07 bits per heavy atom. The van der Waals surface area contributed by atoms with E-state index in [1.807, 2.05) is 48.5 Å². The summed E-state index contributed by atoms with van der Waals surface area (Å²) in [6.45, 7) is 0. The first-order valence-electron chi connectivity index (χ1n) is 8.98. The van der Waals surface area contributed by atoms with Gasteiger partial charge in [0, 0.05) is 21.5 Å². The van der Waals surface area contributed by atoms with Gasteiger partial charge < -0.3 is 10.1 Å². The van der Waals surface area contributed by atoms with Crippen LogP contribution in [0.1, 0.15) is 17.2 Å². The minimum absolute atomic E-state index is 0.132. The third-order valence-corrected chi connectivity index (χ3v) is 6.90. The molecular weight excluding hydrogens is 432 g/mol. The molecule has 28 heavy (non-hydrogen) atoms. The number of nitrogens with zero attached hydrogens (tertiary/aromatic N) is 1. The zero-order valence-corrected chi connectivity index (χ0v) is 17.8. The molecule has 0 radical (unpaired) electrons. The van der Waals surface area contributed by atoms with Crippen molar-refractivity contribution >= 4 is 33.4 Å². The van der Waals surface area contributed by atoms with Gasteiger partial charge in [-0.25, -0.2) is 0 Å². The number of nitriles is 1. The van der Waals surface area contributed by atoms with Crippen LogP contribution in [0.15, 0.2) is 82.2 Å². The fourth-order valence-electron chi connectivity index (χ4n) is 3.52. The molecule has 1 aliphatic heterocycles. The molecule has 0 bridgehead atoms. The highest BCUT2D eigenvalue weighted by atomic mass is 79.9. The third kappa shape index (κ3) is 3.63. The van der Waals surface area contributed by atoms with E-state index in [1.165, 1.54) is 0 Å². The van der Waals surface area contributed by atoms with Crippen LogP contribution in [0.5, 0.6) is 5.75 Å². The first-order chi connectivity index (χ1) is 13.6. The smallest absolute Gasteiger partial charge is 0.135 e. The van der Waals surface area contributed by atoms with E-state index in [2.05, 4.69) is 51.6 Å². The topological polar surface area (TPSA) is 45.0 Å². The Labute approximate surface area is 177 Å². The molecular formula is C23H19BrN2OS. The SMILES string of the molecule is COc1ccc(CC2(C#N)Sc3ccccc3NC2c2ccc(Br)cc2)cc1. The van der Waals surface area contributed by atoms with Crippen LogP contribution in [0, 0.1) is 11.3 Å². The fraction of sp³-hybridized carbons (Fsp3) is 0.174. The molecule has 3 aromatic carbocycles. The summed E-state index contributed by atoms with van der Waals surface area (Å²) in [7, 11) is 1.66. The van der Waals surface area contributed by atoms with Gasteiger partial charge in [-0.3, -0.25) is 0 Å². The standard InChI is InChI=1S/C23H19BrN2OS/c1-27-19-12-6-16(7-13-19)14-23(15-25)22(17-8-10-18(24)11-9-17)26-20-4-2-3-5-21(20)28-23/h2-13,22,26H,14H2,1H3. The Kier molecular flexibility index (Phi) is 5.34. The van der Waals surface area contributed by atoms with Crippen molar-refractivity contribution in [2.45, 2.75) is 22.1 Å². The van der Waals surface area contributed by atoms with E-state index in [4.69, 9.17) is 4.74 Å². The van der Waals surface area contributed by atoms with Crippen LogP contribution in [0.3, 0.4) is 0 Å². The molecule has 3 nitrogen and oxygen atoms in total. The van der Waals surface area contributed by atoms with E-state index in [-0.39, 0.29) is 6.04 Å². The molecule has 5 heteroatoms. The first-order valence-corrected chi connectivity index (χ1v) is 10.6. The molecule has 0 fully saturated rings. The number of halogens is 1. The quantitative estimate of drug-likeness (QED) is 0.512. The maximum Gasteiger partial charge on any atom is 0.135 e. The maximum atomic E-state index is 10.4. The van der Waals surface area contributed by atoms with Crippen LogP contribution < -0.4 is 10.1 Å². The number of hydrogen-bond acceptors (Lipinski definition) is 4. The predicted octanol–water partition coefficient (Wildman–Crippen LogP) is 6.22. The number of anilines is 1. The average Bonchev–Trinajstić information content (AvgIpc) is 2.74. The van der Waals surface area contributed by atoms with E-state index in [0.717, 1.165) is 31.9 Å². The summed E-state index contributed by atoms with van der Waals surface area (Å²) in [4.78, 5) is 1.10. The van der Waals surface area contributed by atoms with E-state index in [0.29, 0.717) is 6.42 Å². The van der Waals surface area contributed by atoms with Gasteiger partial charge in [-0.2, -0.15) is 5.26 Å². The number of methoxy groups -OCH3 is 1. The number of para-hydroxylation sites is 1. The van der Waals surface area contributed by atoms with Crippen molar-refractivity contribution in [3.63, 3.8) is 0 Å².